The average Bonchev–Trinajstić information content (AvgIpc) is 2.65. The minimum absolute atomic E-state index is 0.277. The molecule has 0 saturated heterocycles. The van der Waals surface area contributed by atoms with E-state index < -0.39 is 0 Å². The molecule has 1 aromatic heterocycles. The van der Waals surface area contributed by atoms with Crippen molar-refractivity contribution in [2.45, 2.75) is 33.4 Å². The third kappa shape index (κ3) is 3.53. The molecule has 0 radical (unpaired) electrons. The molecule has 0 bridgehead atoms. The van der Waals surface area contributed by atoms with Gasteiger partial charge >= 0.3 is 5.97 Å². The maximum atomic E-state index is 11.6. The van der Waals surface area contributed by atoms with E-state index >= 15 is 0 Å². The van der Waals surface area contributed by atoms with Crippen molar-refractivity contribution in [1.82, 2.24) is 9.78 Å². The summed E-state index contributed by atoms with van der Waals surface area (Å²) in [6.45, 7) is 10.3. The fraction of sp³-hybridized carbons (Fsp3) is 0.500. The second kappa shape index (κ2) is 5.49. The van der Waals surface area contributed by atoms with E-state index in [1.54, 1.807) is 23.9 Å². The van der Waals surface area contributed by atoms with Crippen LogP contribution in [0.15, 0.2) is 25.0 Å². The molecule has 0 aliphatic carbocycles. The molecule has 0 amide bonds. The summed E-state index contributed by atoms with van der Waals surface area (Å²) in [5.41, 5.74) is 0.481. The normalized spacial score (nSPS) is 12.5. The predicted molar refractivity (Wildman–Crippen MR) is 62.1 cm³/mol. The number of aromatic nitrogens is 2. The van der Waals surface area contributed by atoms with Gasteiger partial charge in [0, 0.05) is 12.7 Å². The molecular formula is C12H18N2O2. The number of rotatable bonds is 5. The van der Waals surface area contributed by atoms with Gasteiger partial charge in [0.25, 0.3) is 0 Å². The molecule has 0 aliphatic rings. The molecule has 0 aliphatic heterocycles. The maximum Gasteiger partial charge on any atom is 0.341 e. The lowest BCUT2D eigenvalue weighted by atomic mass is 10.2. The van der Waals surface area contributed by atoms with E-state index in [1.807, 2.05) is 0 Å². The van der Waals surface area contributed by atoms with Gasteiger partial charge < -0.3 is 4.74 Å². The molecule has 0 unspecified atom stereocenters. The van der Waals surface area contributed by atoms with Crippen molar-refractivity contribution in [1.29, 1.82) is 0 Å². The molecule has 4 nitrogen and oxygen atoms in total. The Morgan fingerprint density at radius 1 is 1.62 bits per heavy atom. The van der Waals surface area contributed by atoms with Gasteiger partial charge in [-0.25, -0.2) is 4.79 Å². The van der Waals surface area contributed by atoms with Gasteiger partial charge in [-0.15, -0.1) is 0 Å². The zero-order valence-corrected chi connectivity index (χ0v) is 10.0. The van der Waals surface area contributed by atoms with E-state index in [9.17, 15) is 4.79 Å². The number of hydrogen-bond acceptors (Lipinski definition) is 3. The highest BCUT2D eigenvalue weighted by Gasteiger charge is 2.12. The molecule has 16 heavy (non-hydrogen) atoms. The van der Waals surface area contributed by atoms with E-state index in [4.69, 9.17) is 4.74 Å². The van der Waals surface area contributed by atoms with E-state index in [0.29, 0.717) is 11.5 Å². The van der Waals surface area contributed by atoms with Crippen LogP contribution < -0.4 is 0 Å². The highest BCUT2D eigenvalue weighted by atomic mass is 16.5. The van der Waals surface area contributed by atoms with Crippen molar-refractivity contribution in [3.05, 3.63) is 30.6 Å². The topological polar surface area (TPSA) is 44.1 Å². The average molecular weight is 222 g/mol. The lowest BCUT2D eigenvalue weighted by Gasteiger charge is -2.06. The molecule has 1 atom stereocenters. The number of nitrogens with zero attached hydrogens (tertiary/aromatic N) is 2. The molecule has 0 saturated carbocycles. The standard InChI is InChI=1S/C12H18N2O2/c1-5-10(4)16-12(15)11-6-13-14(8-11)7-9(2)3/h5-6,8-10H,1,7H2,2-4H3/t10-/m1/s1. The van der Waals surface area contributed by atoms with Gasteiger partial charge in [0.1, 0.15) is 6.10 Å². The summed E-state index contributed by atoms with van der Waals surface area (Å²) >= 11 is 0. The molecule has 1 rings (SSSR count). The number of hydrogen-bond donors (Lipinski definition) is 0. The quantitative estimate of drug-likeness (QED) is 0.567. The number of carbonyl (C=O) groups is 1. The summed E-state index contributed by atoms with van der Waals surface area (Å²) in [7, 11) is 0. The van der Waals surface area contributed by atoms with Crippen LogP contribution in [0.4, 0.5) is 0 Å². The Balaban J connectivity index is 2.63. The van der Waals surface area contributed by atoms with Gasteiger partial charge in [-0.05, 0) is 12.8 Å². The summed E-state index contributed by atoms with van der Waals surface area (Å²) in [5.74, 6) is 0.137. The molecule has 1 aromatic rings. The largest absolute Gasteiger partial charge is 0.455 e. The fourth-order valence-electron chi connectivity index (χ4n) is 1.23. The van der Waals surface area contributed by atoms with Crippen molar-refractivity contribution < 1.29 is 9.53 Å². The predicted octanol–water partition coefficient (Wildman–Crippen LogP) is 2.27. The molecule has 0 fully saturated rings. The Hall–Kier alpha value is -1.58. The second-order valence-electron chi connectivity index (χ2n) is 4.19. The smallest absolute Gasteiger partial charge is 0.341 e. The van der Waals surface area contributed by atoms with Gasteiger partial charge in [-0.2, -0.15) is 5.10 Å². The number of carbonyl (C=O) groups excluding carboxylic acids is 1. The first-order chi connectivity index (χ1) is 7.52. The number of esters is 1. The molecule has 4 heteroatoms. The Bertz CT molecular complexity index is 369. The van der Waals surface area contributed by atoms with Crippen molar-refractivity contribution in [2.75, 3.05) is 0 Å². The SMILES string of the molecule is C=C[C@@H](C)OC(=O)c1cnn(CC(C)C)c1. The molecule has 0 N–H and O–H groups in total. The molecule has 88 valence electrons. The van der Waals surface area contributed by atoms with Crippen LogP contribution in [0.1, 0.15) is 31.1 Å². The van der Waals surface area contributed by atoms with Gasteiger partial charge in [0.2, 0.25) is 0 Å². The van der Waals surface area contributed by atoms with Gasteiger partial charge in [0.05, 0.1) is 11.8 Å². The van der Waals surface area contributed by atoms with E-state index in [-0.39, 0.29) is 12.1 Å². The van der Waals surface area contributed by atoms with Crippen LogP contribution in [0.2, 0.25) is 0 Å². The Labute approximate surface area is 95.9 Å². The van der Waals surface area contributed by atoms with E-state index in [2.05, 4.69) is 25.5 Å². The van der Waals surface area contributed by atoms with Crippen molar-refractivity contribution in [2.24, 2.45) is 5.92 Å². The molecule has 0 aromatic carbocycles. The zero-order chi connectivity index (χ0) is 12.1. The highest BCUT2D eigenvalue weighted by molar-refractivity contribution is 5.88. The summed E-state index contributed by atoms with van der Waals surface area (Å²) < 4.78 is 6.84. The van der Waals surface area contributed by atoms with Gasteiger partial charge in [-0.1, -0.05) is 26.5 Å². The minimum Gasteiger partial charge on any atom is -0.455 e. The Morgan fingerprint density at radius 2 is 2.31 bits per heavy atom. The van der Waals surface area contributed by atoms with Crippen LogP contribution in [-0.2, 0) is 11.3 Å². The fourth-order valence-corrected chi connectivity index (χ4v) is 1.23. The maximum absolute atomic E-state index is 11.6. The Kier molecular flexibility index (Phi) is 4.28. The second-order valence-corrected chi connectivity index (χ2v) is 4.19. The van der Waals surface area contributed by atoms with Crippen molar-refractivity contribution in [3.8, 4) is 0 Å². The van der Waals surface area contributed by atoms with Crippen molar-refractivity contribution >= 4 is 5.97 Å². The van der Waals surface area contributed by atoms with Gasteiger partial charge in [-0.3, -0.25) is 4.68 Å². The molecule has 1 heterocycles. The summed E-state index contributed by atoms with van der Waals surface area (Å²) in [6, 6.07) is 0. The number of ether oxygens (including phenoxy) is 1. The van der Waals surface area contributed by atoms with Gasteiger partial charge in [0.15, 0.2) is 0 Å². The molecular weight excluding hydrogens is 204 g/mol. The van der Waals surface area contributed by atoms with E-state index in [0.717, 1.165) is 6.54 Å². The van der Waals surface area contributed by atoms with E-state index in [1.165, 1.54) is 6.20 Å². The first kappa shape index (κ1) is 12.5. The first-order valence-corrected chi connectivity index (χ1v) is 5.39. The lowest BCUT2D eigenvalue weighted by molar-refractivity contribution is 0.0425. The first-order valence-electron chi connectivity index (χ1n) is 5.39. The zero-order valence-electron chi connectivity index (χ0n) is 10.0. The summed E-state index contributed by atoms with van der Waals surface area (Å²) in [4.78, 5) is 11.6. The van der Waals surface area contributed by atoms with Crippen LogP contribution in [-0.4, -0.2) is 21.9 Å². The highest BCUT2D eigenvalue weighted by Crippen LogP contribution is 2.05. The summed E-state index contributed by atoms with van der Waals surface area (Å²) in [5, 5.41) is 4.10. The third-order valence-corrected chi connectivity index (χ3v) is 2.05. The lowest BCUT2D eigenvalue weighted by Crippen LogP contribution is -2.12. The van der Waals surface area contributed by atoms with Crippen LogP contribution >= 0.6 is 0 Å². The monoisotopic (exact) mass is 222 g/mol. The van der Waals surface area contributed by atoms with Crippen LogP contribution in [0, 0.1) is 5.92 Å². The van der Waals surface area contributed by atoms with Crippen LogP contribution in [0.3, 0.4) is 0 Å². The summed E-state index contributed by atoms with van der Waals surface area (Å²) in [6.07, 6.45) is 4.54. The van der Waals surface area contributed by atoms with Crippen LogP contribution in [0.5, 0.6) is 0 Å². The Morgan fingerprint density at radius 3 is 2.88 bits per heavy atom. The molecule has 0 spiro atoms. The van der Waals surface area contributed by atoms with Crippen molar-refractivity contribution in [3.63, 3.8) is 0 Å². The van der Waals surface area contributed by atoms with Crippen LogP contribution in [0.25, 0.3) is 0 Å². The minimum atomic E-state index is -0.359. The third-order valence-electron chi connectivity index (χ3n) is 2.05.